The van der Waals surface area contributed by atoms with Gasteiger partial charge in [-0.05, 0) is 40.5 Å². The Labute approximate surface area is 96.7 Å². The standard InChI is InChI=1S/C11H12BrNO2/c1-7-2-3-8(12)9(6-7)15-11(4-5-11)10(13)14/h2-3,6H,4-5H2,1H3,(H2,13,14). The number of rotatable bonds is 3. The van der Waals surface area contributed by atoms with Gasteiger partial charge in [-0.25, -0.2) is 0 Å². The Balaban J connectivity index is 2.24. The quantitative estimate of drug-likeness (QED) is 0.914. The van der Waals surface area contributed by atoms with Crippen molar-refractivity contribution in [2.45, 2.75) is 25.4 Å². The number of carbonyl (C=O) groups is 1. The summed E-state index contributed by atoms with van der Waals surface area (Å²) >= 11 is 3.38. The summed E-state index contributed by atoms with van der Waals surface area (Å²) in [6.45, 7) is 1.98. The molecule has 0 heterocycles. The summed E-state index contributed by atoms with van der Waals surface area (Å²) in [4.78, 5) is 11.2. The fraction of sp³-hybridized carbons (Fsp3) is 0.364. The van der Waals surface area contributed by atoms with Crippen molar-refractivity contribution in [3.8, 4) is 5.75 Å². The number of primary amides is 1. The summed E-state index contributed by atoms with van der Waals surface area (Å²) in [7, 11) is 0. The second-order valence-electron chi connectivity index (χ2n) is 3.89. The third kappa shape index (κ3) is 2.00. The SMILES string of the molecule is Cc1ccc(Br)c(OC2(C(N)=O)CC2)c1. The number of hydrogen-bond donors (Lipinski definition) is 1. The van der Waals surface area contributed by atoms with Gasteiger partial charge in [-0.2, -0.15) is 0 Å². The lowest BCUT2D eigenvalue weighted by Gasteiger charge is -2.15. The normalized spacial score (nSPS) is 17.2. The van der Waals surface area contributed by atoms with E-state index < -0.39 is 5.60 Å². The number of aryl methyl sites for hydroxylation is 1. The molecule has 1 aromatic carbocycles. The summed E-state index contributed by atoms with van der Waals surface area (Å²) in [6.07, 6.45) is 1.42. The van der Waals surface area contributed by atoms with E-state index in [1.165, 1.54) is 0 Å². The molecule has 3 nitrogen and oxygen atoms in total. The molecule has 1 aliphatic rings. The first-order chi connectivity index (χ1) is 7.03. The number of ether oxygens (including phenoxy) is 1. The minimum absolute atomic E-state index is 0.379. The topological polar surface area (TPSA) is 52.3 Å². The second kappa shape index (κ2) is 3.52. The third-order valence-electron chi connectivity index (χ3n) is 2.55. The fourth-order valence-electron chi connectivity index (χ4n) is 1.41. The number of hydrogen-bond acceptors (Lipinski definition) is 2. The van der Waals surface area contributed by atoms with Crippen LogP contribution in [0.4, 0.5) is 0 Å². The highest BCUT2D eigenvalue weighted by atomic mass is 79.9. The highest BCUT2D eigenvalue weighted by Crippen LogP contribution is 2.42. The van der Waals surface area contributed by atoms with Gasteiger partial charge in [-0.1, -0.05) is 6.07 Å². The molecule has 0 radical (unpaired) electrons. The minimum Gasteiger partial charge on any atom is -0.476 e. The van der Waals surface area contributed by atoms with E-state index in [1.54, 1.807) is 0 Å². The molecular formula is C11H12BrNO2. The summed E-state index contributed by atoms with van der Waals surface area (Å²) < 4.78 is 6.51. The first-order valence-electron chi connectivity index (χ1n) is 4.79. The molecule has 0 unspecified atom stereocenters. The highest BCUT2D eigenvalue weighted by molar-refractivity contribution is 9.10. The van der Waals surface area contributed by atoms with Gasteiger partial charge < -0.3 is 10.5 Å². The van der Waals surface area contributed by atoms with E-state index in [0.29, 0.717) is 18.6 Å². The molecule has 0 spiro atoms. The molecule has 1 saturated carbocycles. The first-order valence-corrected chi connectivity index (χ1v) is 5.58. The maximum absolute atomic E-state index is 11.2. The summed E-state index contributed by atoms with van der Waals surface area (Å²) in [5.41, 5.74) is 5.63. The Morgan fingerprint density at radius 3 is 2.73 bits per heavy atom. The van der Waals surface area contributed by atoms with Crippen molar-refractivity contribution in [3.63, 3.8) is 0 Å². The fourth-order valence-corrected chi connectivity index (χ4v) is 1.74. The Morgan fingerprint density at radius 2 is 2.20 bits per heavy atom. The van der Waals surface area contributed by atoms with E-state index in [-0.39, 0.29) is 5.91 Å². The highest BCUT2D eigenvalue weighted by Gasteiger charge is 2.51. The van der Waals surface area contributed by atoms with Crippen LogP contribution in [0.2, 0.25) is 0 Å². The molecule has 0 aromatic heterocycles. The average Bonchev–Trinajstić information content (AvgIpc) is 2.92. The van der Waals surface area contributed by atoms with Crippen LogP contribution in [0.3, 0.4) is 0 Å². The van der Waals surface area contributed by atoms with Gasteiger partial charge in [-0.3, -0.25) is 4.79 Å². The van der Waals surface area contributed by atoms with Gasteiger partial charge in [-0.15, -0.1) is 0 Å². The largest absolute Gasteiger partial charge is 0.476 e. The minimum atomic E-state index is -0.754. The first kappa shape index (κ1) is 10.5. The van der Waals surface area contributed by atoms with Crippen LogP contribution in [0.5, 0.6) is 5.75 Å². The van der Waals surface area contributed by atoms with Crippen molar-refractivity contribution in [1.29, 1.82) is 0 Å². The molecule has 1 amide bonds. The number of amides is 1. The maximum Gasteiger partial charge on any atom is 0.261 e. The van der Waals surface area contributed by atoms with Crippen LogP contribution in [0.15, 0.2) is 22.7 Å². The van der Waals surface area contributed by atoms with E-state index in [2.05, 4.69) is 15.9 Å². The molecule has 0 atom stereocenters. The molecule has 1 aromatic rings. The molecule has 1 fully saturated rings. The Bertz CT molecular complexity index is 413. The van der Waals surface area contributed by atoms with Crippen LogP contribution in [0.1, 0.15) is 18.4 Å². The van der Waals surface area contributed by atoms with Crippen molar-refractivity contribution in [2.75, 3.05) is 0 Å². The Kier molecular flexibility index (Phi) is 2.46. The van der Waals surface area contributed by atoms with Gasteiger partial charge in [0.15, 0.2) is 5.60 Å². The van der Waals surface area contributed by atoms with Gasteiger partial charge in [0, 0.05) is 12.8 Å². The molecule has 0 aliphatic heterocycles. The Hall–Kier alpha value is -1.03. The molecule has 2 rings (SSSR count). The molecule has 2 N–H and O–H groups in total. The monoisotopic (exact) mass is 269 g/mol. The van der Waals surface area contributed by atoms with Crippen molar-refractivity contribution in [1.82, 2.24) is 0 Å². The third-order valence-corrected chi connectivity index (χ3v) is 3.20. The molecular weight excluding hydrogens is 258 g/mol. The maximum atomic E-state index is 11.2. The molecule has 0 bridgehead atoms. The van der Waals surface area contributed by atoms with Crippen molar-refractivity contribution >= 4 is 21.8 Å². The number of benzene rings is 1. The van der Waals surface area contributed by atoms with Gasteiger partial charge in [0.25, 0.3) is 5.91 Å². The van der Waals surface area contributed by atoms with Crippen LogP contribution in [-0.2, 0) is 4.79 Å². The smallest absolute Gasteiger partial charge is 0.261 e. The van der Waals surface area contributed by atoms with E-state index in [4.69, 9.17) is 10.5 Å². The molecule has 80 valence electrons. The predicted octanol–water partition coefficient (Wildman–Crippen LogP) is 2.15. The van der Waals surface area contributed by atoms with E-state index in [9.17, 15) is 4.79 Å². The molecule has 1 aliphatic carbocycles. The van der Waals surface area contributed by atoms with Gasteiger partial charge in [0.1, 0.15) is 5.75 Å². The second-order valence-corrected chi connectivity index (χ2v) is 4.75. The zero-order valence-electron chi connectivity index (χ0n) is 8.42. The van der Waals surface area contributed by atoms with E-state index >= 15 is 0 Å². The number of halogens is 1. The van der Waals surface area contributed by atoms with Crippen LogP contribution in [-0.4, -0.2) is 11.5 Å². The van der Waals surface area contributed by atoms with Gasteiger partial charge >= 0.3 is 0 Å². The van der Waals surface area contributed by atoms with Crippen LogP contribution in [0.25, 0.3) is 0 Å². The molecule has 0 saturated heterocycles. The van der Waals surface area contributed by atoms with Crippen molar-refractivity contribution in [2.24, 2.45) is 5.73 Å². The van der Waals surface area contributed by atoms with Crippen LogP contribution >= 0.6 is 15.9 Å². The summed E-state index contributed by atoms with van der Waals surface area (Å²) in [6, 6.07) is 5.77. The zero-order valence-corrected chi connectivity index (χ0v) is 10.0. The number of carbonyl (C=O) groups excluding carboxylic acids is 1. The predicted molar refractivity (Wildman–Crippen MR) is 60.7 cm³/mol. The van der Waals surface area contributed by atoms with Crippen LogP contribution in [0, 0.1) is 6.92 Å². The molecule has 15 heavy (non-hydrogen) atoms. The number of nitrogens with two attached hydrogens (primary N) is 1. The van der Waals surface area contributed by atoms with E-state index in [0.717, 1.165) is 10.0 Å². The lowest BCUT2D eigenvalue weighted by Crippen LogP contribution is -2.35. The summed E-state index contributed by atoms with van der Waals surface area (Å²) in [5, 5.41) is 0. The Morgan fingerprint density at radius 1 is 1.53 bits per heavy atom. The lowest BCUT2D eigenvalue weighted by atomic mass is 10.2. The van der Waals surface area contributed by atoms with Crippen LogP contribution < -0.4 is 10.5 Å². The van der Waals surface area contributed by atoms with Gasteiger partial charge in [0.05, 0.1) is 4.47 Å². The average molecular weight is 270 g/mol. The molecule has 4 heteroatoms. The lowest BCUT2D eigenvalue weighted by molar-refractivity contribution is -0.126. The van der Waals surface area contributed by atoms with E-state index in [1.807, 2.05) is 25.1 Å². The van der Waals surface area contributed by atoms with Crippen molar-refractivity contribution in [3.05, 3.63) is 28.2 Å². The van der Waals surface area contributed by atoms with Crippen molar-refractivity contribution < 1.29 is 9.53 Å². The zero-order chi connectivity index (χ0) is 11.1. The van der Waals surface area contributed by atoms with Gasteiger partial charge in [0.2, 0.25) is 0 Å². The summed E-state index contributed by atoms with van der Waals surface area (Å²) in [5.74, 6) is 0.308.